The molecule has 0 unspecified atom stereocenters. The minimum Gasteiger partial charge on any atom is -0.464 e. The molecule has 1 rings (SSSR count). The summed E-state index contributed by atoms with van der Waals surface area (Å²) in [7, 11) is 1.20. The number of H-pyrrole nitrogens is 1. The third-order valence-electron chi connectivity index (χ3n) is 1.45. The lowest BCUT2D eigenvalue weighted by atomic mass is 10.2. The van der Waals surface area contributed by atoms with Crippen LogP contribution in [0.25, 0.3) is 0 Å². The second-order valence-corrected chi connectivity index (χ2v) is 2.26. The van der Waals surface area contributed by atoms with E-state index >= 15 is 0 Å². The molecule has 2 N–H and O–H groups in total. The molecule has 1 heterocycles. The van der Waals surface area contributed by atoms with E-state index < -0.39 is 18.1 Å². The first-order valence-electron chi connectivity index (χ1n) is 3.46. The third kappa shape index (κ3) is 1.91. The molecule has 0 saturated carbocycles. The monoisotopic (exact) mass is 184 g/mol. The zero-order valence-corrected chi connectivity index (χ0v) is 6.90. The lowest BCUT2D eigenvalue weighted by Crippen LogP contribution is -2.18. The topological polar surface area (TPSA) is 92.3 Å². The van der Waals surface area contributed by atoms with Crippen molar-refractivity contribution >= 4 is 5.97 Å². The van der Waals surface area contributed by atoms with Crippen molar-refractivity contribution in [2.75, 3.05) is 7.11 Å². The van der Waals surface area contributed by atoms with E-state index in [4.69, 9.17) is 5.11 Å². The SMILES string of the molecule is COC(=O)c1cc(CO)c(=O)[nH]n1. The number of ether oxygens (including phenoxy) is 1. The van der Waals surface area contributed by atoms with Crippen molar-refractivity contribution in [2.45, 2.75) is 6.61 Å². The molecule has 70 valence electrons. The molecule has 0 aromatic carbocycles. The van der Waals surface area contributed by atoms with Gasteiger partial charge in [-0.2, -0.15) is 5.10 Å². The van der Waals surface area contributed by atoms with Crippen molar-refractivity contribution in [3.8, 4) is 0 Å². The molecule has 0 radical (unpaired) electrons. The number of aromatic nitrogens is 2. The van der Waals surface area contributed by atoms with Crippen LogP contribution >= 0.6 is 0 Å². The maximum Gasteiger partial charge on any atom is 0.358 e. The summed E-state index contributed by atoms with van der Waals surface area (Å²) in [6.07, 6.45) is 0. The molecule has 0 amide bonds. The molecular formula is C7H8N2O4. The molecule has 0 spiro atoms. The predicted octanol–water partition coefficient (Wildman–Crippen LogP) is -0.951. The third-order valence-corrected chi connectivity index (χ3v) is 1.45. The summed E-state index contributed by atoms with van der Waals surface area (Å²) in [6, 6.07) is 1.19. The Labute approximate surface area is 73.2 Å². The molecule has 1 aromatic rings. The van der Waals surface area contributed by atoms with Gasteiger partial charge < -0.3 is 9.84 Å². The summed E-state index contributed by atoms with van der Waals surface area (Å²) in [5.74, 6) is -0.661. The lowest BCUT2D eigenvalue weighted by Gasteiger charge is -1.98. The van der Waals surface area contributed by atoms with Crippen molar-refractivity contribution in [1.29, 1.82) is 0 Å². The second-order valence-electron chi connectivity index (χ2n) is 2.26. The highest BCUT2D eigenvalue weighted by Gasteiger charge is 2.09. The molecule has 0 fully saturated rings. The van der Waals surface area contributed by atoms with Gasteiger partial charge in [0.2, 0.25) is 0 Å². The largest absolute Gasteiger partial charge is 0.464 e. The Morgan fingerprint density at radius 3 is 3.00 bits per heavy atom. The highest BCUT2D eigenvalue weighted by atomic mass is 16.5. The Balaban J connectivity index is 3.13. The molecule has 6 heteroatoms. The molecular weight excluding hydrogens is 176 g/mol. The fourth-order valence-electron chi connectivity index (χ4n) is 0.772. The van der Waals surface area contributed by atoms with E-state index in [1.807, 2.05) is 0 Å². The fourth-order valence-corrected chi connectivity index (χ4v) is 0.772. The Kier molecular flexibility index (Phi) is 2.76. The normalized spacial score (nSPS) is 9.69. The average Bonchev–Trinajstić information content (AvgIpc) is 2.17. The van der Waals surface area contributed by atoms with Crippen LogP contribution in [0.5, 0.6) is 0 Å². The maximum atomic E-state index is 10.9. The highest BCUT2D eigenvalue weighted by Crippen LogP contribution is 1.96. The molecule has 0 aliphatic heterocycles. The number of carbonyl (C=O) groups excluding carboxylic acids is 1. The highest BCUT2D eigenvalue weighted by molar-refractivity contribution is 5.86. The maximum absolute atomic E-state index is 10.9. The van der Waals surface area contributed by atoms with Crippen LogP contribution in [-0.2, 0) is 11.3 Å². The van der Waals surface area contributed by atoms with Gasteiger partial charge >= 0.3 is 5.97 Å². The summed E-state index contributed by atoms with van der Waals surface area (Å²) in [6.45, 7) is -0.443. The van der Waals surface area contributed by atoms with Crippen LogP contribution in [0.1, 0.15) is 16.1 Å². The molecule has 0 aliphatic carbocycles. The Bertz CT molecular complexity index is 371. The van der Waals surface area contributed by atoms with Crippen molar-refractivity contribution in [3.05, 3.63) is 27.7 Å². The first-order valence-corrected chi connectivity index (χ1v) is 3.46. The summed E-state index contributed by atoms with van der Waals surface area (Å²) >= 11 is 0. The predicted molar refractivity (Wildman–Crippen MR) is 42.1 cm³/mol. The van der Waals surface area contributed by atoms with Crippen LogP contribution in [0, 0.1) is 0 Å². The number of hydrogen-bond donors (Lipinski definition) is 2. The van der Waals surface area contributed by atoms with Crippen LogP contribution < -0.4 is 5.56 Å². The van der Waals surface area contributed by atoms with Crippen LogP contribution in [-0.4, -0.2) is 28.4 Å². The van der Waals surface area contributed by atoms with Crippen LogP contribution in [0.3, 0.4) is 0 Å². The number of aliphatic hydroxyl groups excluding tert-OH is 1. The summed E-state index contributed by atoms with van der Waals surface area (Å²) < 4.78 is 4.37. The molecule has 0 aliphatic rings. The van der Waals surface area contributed by atoms with Gasteiger partial charge in [-0.25, -0.2) is 9.89 Å². The van der Waals surface area contributed by atoms with Crippen LogP contribution in [0.15, 0.2) is 10.9 Å². The van der Waals surface area contributed by atoms with Crippen molar-refractivity contribution < 1.29 is 14.6 Å². The Morgan fingerprint density at radius 1 is 1.77 bits per heavy atom. The van der Waals surface area contributed by atoms with E-state index in [1.165, 1.54) is 13.2 Å². The van der Waals surface area contributed by atoms with Crippen LogP contribution in [0.2, 0.25) is 0 Å². The Hall–Kier alpha value is -1.69. The first-order chi connectivity index (χ1) is 6.19. The fraction of sp³-hybridized carbons (Fsp3) is 0.286. The van der Waals surface area contributed by atoms with Gasteiger partial charge in [-0.15, -0.1) is 0 Å². The van der Waals surface area contributed by atoms with Crippen LogP contribution in [0.4, 0.5) is 0 Å². The molecule has 1 aromatic heterocycles. The molecule has 0 atom stereocenters. The number of nitrogens with zero attached hydrogens (tertiary/aromatic N) is 1. The molecule has 0 saturated heterocycles. The van der Waals surface area contributed by atoms with E-state index in [1.54, 1.807) is 0 Å². The van der Waals surface area contributed by atoms with Gasteiger partial charge in [0.15, 0.2) is 5.69 Å². The molecule has 13 heavy (non-hydrogen) atoms. The van der Waals surface area contributed by atoms with E-state index in [0.29, 0.717) is 0 Å². The lowest BCUT2D eigenvalue weighted by molar-refractivity contribution is 0.0592. The van der Waals surface area contributed by atoms with Gasteiger partial charge in [0, 0.05) is 5.56 Å². The number of aliphatic hydroxyl groups is 1. The zero-order valence-electron chi connectivity index (χ0n) is 6.90. The number of aromatic amines is 1. The van der Waals surface area contributed by atoms with Gasteiger partial charge in [-0.1, -0.05) is 0 Å². The summed E-state index contributed by atoms with van der Waals surface area (Å²) in [5.41, 5.74) is -0.475. The number of rotatable bonds is 2. The Morgan fingerprint density at radius 2 is 2.46 bits per heavy atom. The zero-order chi connectivity index (χ0) is 9.84. The minimum absolute atomic E-state index is 0.0360. The van der Waals surface area contributed by atoms with Crippen molar-refractivity contribution in [1.82, 2.24) is 10.2 Å². The van der Waals surface area contributed by atoms with E-state index in [9.17, 15) is 9.59 Å². The van der Waals surface area contributed by atoms with Crippen molar-refractivity contribution in [2.24, 2.45) is 0 Å². The molecule has 0 bridgehead atoms. The first kappa shape index (κ1) is 9.40. The number of nitrogens with one attached hydrogen (secondary N) is 1. The minimum atomic E-state index is -0.661. The van der Waals surface area contributed by atoms with E-state index in [2.05, 4.69) is 14.9 Å². The summed E-state index contributed by atoms with van der Waals surface area (Å²) in [5, 5.41) is 14.2. The number of methoxy groups -OCH3 is 1. The summed E-state index contributed by atoms with van der Waals surface area (Å²) in [4.78, 5) is 21.8. The standard InChI is InChI=1S/C7H8N2O4/c1-13-7(12)5-2-4(3-10)6(11)9-8-5/h2,10H,3H2,1H3,(H,9,11). The number of esters is 1. The smallest absolute Gasteiger partial charge is 0.358 e. The van der Waals surface area contributed by atoms with Crippen molar-refractivity contribution in [3.63, 3.8) is 0 Å². The van der Waals surface area contributed by atoms with E-state index in [0.717, 1.165) is 0 Å². The number of hydrogen-bond acceptors (Lipinski definition) is 5. The molecule has 6 nitrogen and oxygen atoms in total. The van der Waals surface area contributed by atoms with Gasteiger partial charge in [0.1, 0.15) is 0 Å². The number of carbonyl (C=O) groups is 1. The van der Waals surface area contributed by atoms with Gasteiger partial charge in [0.05, 0.1) is 13.7 Å². The quantitative estimate of drug-likeness (QED) is 0.578. The van der Waals surface area contributed by atoms with Gasteiger partial charge in [0.25, 0.3) is 5.56 Å². The van der Waals surface area contributed by atoms with Gasteiger partial charge in [-0.05, 0) is 6.07 Å². The van der Waals surface area contributed by atoms with E-state index in [-0.39, 0.29) is 11.3 Å². The second kappa shape index (κ2) is 3.81. The van der Waals surface area contributed by atoms with Gasteiger partial charge in [-0.3, -0.25) is 4.79 Å². The average molecular weight is 184 g/mol.